The van der Waals surface area contributed by atoms with Crippen molar-refractivity contribution in [1.29, 1.82) is 0 Å². The van der Waals surface area contributed by atoms with Gasteiger partial charge in [0.2, 0.25) is 0 Å². The van der Waals surface area contributed by atoms with E-state index in [2.05, 4.69) is 10.3 Å². The maximum Gasteiger partial charge on any atom is 0.254 e. The summed E-state index contributed by atoms with van der Waals surface area (Å²) < 4.78 is 0. The van der Waals surface area contributed by atoms with Gasteiger partial charge in [-0.1, -0.05) is 18.2 Å². The molecular weight excluding hydrogens is 350 g/mol. The lowest BCUT2D eigenvalue weighted by Gasteiger charge is -2.28. The third-order valence-corrected chi connectivity index (χ3v) is 4.69. The van der Waals surface area contributed by atoms with Crippen molar-refractivity contribution >= 4 is 5.91 Å². The van der Waals surface area contributed by atoms with E-state index in [1.807, 2.05) is 6.07 Å². The fraction of sp³-hybridized carbons (Fsp3) is 0.368. The first kappa shape index (κ1) is 19.2. The van der Waals surface area contributed by atoms with Crippen molar-refractivity contribution < 1.29 is 25.2 Å². The number of nitrogens with zero attached hydrogens (tertiary/aromatic N) is 2. The van der Waals surface area contributed by atoms with Crippen LogP contribution in [0, 0.1) is 0 Å². The van der Waals surface area contributed by atoms with Gasteiger partial charge in [-0.05, 0) is 36.2 Å². The summed E-state index contributed by atoms with van der Waals surface area (Å²) in [7, 11) is 0. The highest BCUT2D eigenvalue weighted by Gasteiger charge is 2.36. The van der Waals surface area contributed by atoms with Gasteiger partial charge in [0.25, 0.3) is 5.91 Å². The van der Waals surface area contributed by atoms with Crippen LogP contribution in [0.5, 0.6) is 5.75 Å². The molecule has 1 aromatic heterocycles. The Kier molecular flexibility index (Phi) is 5.71. The van der Waals surface area contributed by atoms with E-state index in [1.165, 1.54) is 17.0 Å². The number of carbonyl (C=O) groups is 1. The standard InChI is InChI=1S/C19H23N3O5/c1-11(12-4-2-6-14(23)8-12)21-18(26)16(24)17(25)19(27)22-9-13-5-3-7-20-15(13)10-22/h2-8,11,16-18,21,23-26H,9-10H2,1H3/t11-,16-,17-,18?/m1/s1. The second kappa shape index (κ2) is 8.01. The van der Waals surface area contributed by atoms with Gasteiger partial charge in [0.05, 0.1) is 12.2 Å². The minimum atomic E-state index is -1.78. The number of amides is 1. The predicted molar refractivity (Wildman–Crippen MR) is 96.2 cm³/mol. The molecule has 2 heterocycles. The van der Waals surface area contributed by atoms with Crippen molar-refractivity contribution in [2.75, 3.05) is 0 Å². The summed E-state index contributed by atoms with van der Waals surface area (Å²) >= 11 is 0. The maximum absolute atomic E-state index is 12.5. The molecule has 2 aromatic rings. The molecule has 0 radical (unpaired) electrons. The summed E-state index contributed by atoms with van der Waals surface area (Å²) in [5.74, 6) is -0.597. The van der Waals surface area contributed by atoms with Crippen LogP contribution in [0.4, 0.5) is 0 Å². The zero-order valence-electron chi connectivity index (χ0n) is 14.9. The molecule has 8 nitrogen and oxygen atoms in total. The number of aromatic nitrogens is 1. The quantitative estimate of drug-likeness (QED) is 0.452. The number of fused-ring (bicyclic) bond motifs is 1. The lowest BCUT2D eigenvalue weighted by Crippen LogP contribution is -2.52. The van der Waals surface area contributed by atoms with Crippen molar-refractivity contribution in [3.05, 3.63) is 59.4 Å². The molecule has 8 heteroatoms. The number of pyridine rings is 1. The normalized spacial score (nSPS) is 17.9. The average Bonchev–Trinajstić information content (AvgIpc) is 3.10. The van der Waals surface area contributed by atoms with Crippen molar-refractivity contribution in [2.24, 2.45) is 0 Å². The summed E-state index contributed by atoms with van der Waals surface area (Å²) in [6.07, 6.45) is -3.40. The lowest BCUT2D eigenvalue weighted by atomic mass is 10.1. The van der Waals surface area contributed by atoms with Crippen LogP contribution in [0.3, 0.4) is 0 Å². The van der Waals surface area contributed by atoms with Gasteiger partial charge in [0.1, 0.15) is 18.1 Å². The van der Waals surface area contributed by atoms with Crippen molar-refractivity contribution in [2.45, 2.75) is 44.5 Å². The smallest absolute Gasteiger partial charge is 0.254 e. The number of benzene rings is 1. The van der Waals surface area contributed by atoms with Crippen molar-refractivity contribution in [3.8, 4) is 5.75 Å². The Morgan fingerprint density at radius 2 is 1.96 bits per heavy atom. The Bertz CT molecular complexity index is 790. The Balaban J connectivity index is 1.59. The number of phenolic OH excluding ortho intramolecular Hbond substituents is 1. The molecule has 4 atom stereocenters. The fourth-order valence-corrected chi connectivity index (χ4v) is 3.11. The number of carbonyl (C=O) groups excluding carboxylic acids is 1. The van der Waals surface area contributed by atoms with Gasteiger partial charge in [-0.15, -0.1) is 0 Å². The van der Waals surface area contributed by atoms with Crippen LogP contribution in [-0.2, 0) is 17.9 Å². The van der Waals surface area contributed by atoms with Crippen LogP contribution >= 0.6 is 0 Å². The number of hydrogen-bond donors (Lipinski definition) is 5. The molecule has 1 aliphatic heterocycles. The molecule has 1 aliphatic rings. The molecule has 3 rings (SSSR count). The molecule has 1 unspecified atom stereocenters. The van der Waals surface area contributed by atoms with Crippen molar-refractivity contribution in [3.63, 3.8) is 0 Å². The molecule has 1 amide bonds. The summed E-state index contributed by atoms with van der Waals surface area (Å²) in [6, 6.07) is 9.64. The van der Waals surface area contributed by atoms with Gasteiger partial charge in [-0.2, -0.15) is 0 Å². The van der Waals surface area contributed by atoms with E-state index < -0.39 is 30.4 Å². The van der Waals surface area contributed by atoms with Gasteiger partial charge in [0, 0.05) is 18.8 Å². The van der Waals surface area contributed by atoms with Crippen LogP contribution in [0.25, 0.3) is 0 Å². The number of nitrogens with one attached hydrogen (secondary N) is 1. The largest absolute Gasteiger partial charge is 0.508 e. The lowest BCUT2D eigenvalue weighted by molar-refractivity contribution is -0.153. The van der Waals surface area contributed by atoms with Gasteiger partial charge < -0.3 is 25.3 Å². The van der Waals surface area contributed by atoms with Crippen LogP contribution in [0.15, 0.2) is 42.6 Å². The van der Waals surface area contributed by atoms with Crippen LogP contribution in [-0.4, -0.2) is 54.7 Å². The fourth-order valence-electron chi connectivity index (χ4n) is 3.11. The van der Waals surface area contributed by atoms with Gasteiger partial charge in [-0.25, -0.2) is 0 Å². The molecular formula is C19H23N3O5. The molecule has 144 valence electrons. The number of hydrogen-bond acceptors (Lipinski definition) is 7. The molecule has 0 spiro atoms. The molecule has 0 aliphatic carbocycles. The second-order valence-electron chi connectivity index (χ2n) is 6.67. The van der Waals surface area contributed by atoms with E-state index in [4.69, 9.17) is 0 Å². The molecule has 0 saturated heterocycles. The third-order valence-electron chi connectivity index (χ3n) is 4.69. The second-order valence-corrected chi connectivity index (χ2v) is 6.67. The predicted octanol–water partition coefficient (Wildman–Crippen LogP) is 0.0204. The number of phenols is 1. The molecule has 0 bridgehead atoms. The number of aliphatic hydroxyl groups is 3. The molecule has 1 aromatic carbocycles. The highest BCUT2D eigenvalue weighted by molar-refractivity contribution is 5.81. The maximum atomic E-state index is 12.5. The summed E-state index contributed by atoms with van der Waals surface area (Å²) in [4.78, 5) is 18.1. The summed E-state index contributed by atoms with van der Waals surface area (Å²) in [6.45, 7) is 2.28. The van der Waals surface area contributed by atoms with Gasteiger partial charge in [0.15, 0.2) is 6.10 Å². The van der Waals surface area contributed by atoms with E-state index in [-0.39, 0.29) is 12.3 Å². The Hall–Kier alpha value is -2.52. The van der Waals surface area contributed by atoms with Crippen LogP contribution in [0.2, 0.25) is 0 Å². The number of rotatable bonds is 6. The summed E-state index contributed by atoms with van der Waals surface area (Å²) in [5.41, 5.74) is 2.33. The number of aromatic hydroxyl groups is 1. The van der Waals surface area contributed by atoms with E-state index in [1.54, 1.807) is 31.3 Å². The SMILES string of the molecule is C[C@@H](NC(O)[C@H](O)[C@@H](O)C(=O)N1Cc2cccnc2C1)c1cccc(O)c1. The highest BCUT2D eigenvalue weighted by atomic mass is 16.4. The third kappa shape index (κ3) is 4.25. The molecule has 27 heavy (non-hydrogen) atoms. The Morgan fingerprint density at radius 3 is 2.67 bits per heavy atom. The monoisotopic (exact) mass is 373 g/mol. The first-order chi connectivity index (χ1) is 12.9. The minimum absolute atomic E-state index is 0.0774. The zero-order valence-corrected chi connectivity index (χ0v) is 14.9. The summed E-state index contributed by atoms with van der Waals surface area (Å²) in [5, 5.41) is 42.9. The first-order valence-corrected chi connectivity index (χ1v) is 8.67. The van der Waals surface area contributed by atoms with Gasteiger partial charge in [-0.3, -0.25) is 15.1 Å². The average molecular weight is 373 g/mol. The van der Waals surface area contributed by atoms with Crippen LogP contribution in [0.1, 0.15) is 29.8 Å². The van der Waals surface area contributed by atoms with E-state index in [9.17, 15) is 25.2 Å². The molecule has 5 N–H and O–H groups in total. The molecule has 0 saturated carbocycles. The highest BCUT2D eigenvalue weighted by Crippen LogP contribution is 2.22. The topological polar surface area (TPSA) is 126 Å². The Morgan fingerprint density at radius 1 is 1.19 bits per heavy atom. The first-order valence-electron chi connectivity index (χ1n) is 8.67. The number of aliphatic hydroxyl groups excluding tert-OH is 3. The van der Waals surface area contributed by atoms with E-state index in [0.29, 0.717) is 12.1 Å². The minimum Gasteiger partial charge on any atom is -0.508 e. The van der Waals surface area contributed by atoms with E-state index >= 15 is 0 Å². The van der Waals surface area contributed by atoms with Crippen molar-refractivity contribution in [1.82, 2.24) is 15.2 Å². The van der Waals surface area contributed by atoms with Crippen LogP contribution < -0.4 is 5.32 Å². The molecule has 0 fully saturated rings. The zero-order chi connectivity index (χ0) is 19.6. The van der Waals surface area contributed by atoms with E-state index in [0.717, 1.165) is 11.3 Å². The Labute approximate surface area is 156 Å². The van der Waals surface area contributed by atoms with Gasteiger partial charge >= 0.3 is 0 Å².